The number of aryl methyl sites for hydroxylation is 2. The molecule has 1 aliphatic rings. The minimum atomic E-state index is -0.316. The van der Waals surface area contributed by atoms with E-state index in [1.54, 1.807) is 26.4 Å². The Morgan fingerprint density at radius 2 is 1.74 bits per heavy atom. The number of thiocarbonyl (C=S) groups is 1. The summed E-state index contributed by atoms with van der Waals surface area (Å²) >= 11 is 5.77. The highest BCUT2D eigenvalue weighted by atomic mass is 32.1. The van der Waals surface area contributed by atoms with E-state index in [4.69, 9.17) is 26.4 Å². The van der Waals surface area contributed by atoms with Crippen LogP contribution in [0.4, 0.5) is 10.1 Å². The highest BCUT2D eigenvalue weighted by molar-refractivity contribution is 7.80. The number of benzene rings is 3. The molecule has 0 spiro atoms. The summed E-state index contributed by atoms with van der Waals surface area (Å²) in [5, 5.41) is 3.70. The fourth-order valence-electron chi connectivity index (χ4n) is 4.40. The Labute approximate surface area is 205 Å². The topological polar surface area (TPSA) is 43.0 Å². The van der Waals surface area contributed by atoms with E-state index in [0.29, 0.717) is 35.5 Å². The van der Waals surface area contributed by atoms with Crippen molar-refractivity contribution >= 4 is 23.0 Å². The molecule has 0 aliphatic carbocycles. The van der Waals surface area contributed by atoms with Crippen LogP contribution in [-0.4, -0.2) is 37.4 Å². The molecule has 178 valence electrons. The summed E-state index contributed by atoms with van der Waals surface area (Å²) < 4.78 is 31.1. The molecule has 1 N–H and O–H groups in total. The second-order valence-corrected chi connectivity index (χ2v) is 8.83. The van der Waals surface area contributed by atoms with Crippen LogP contribution in [0.2, 0.25) is 0 Å². The van der Waals surface area contributed by atoms with Gasteiger partial charge in [0.1, 0.15) is 18.2 Å². The van der Waals surface area contributed by atoms with Gasteiger partial charge in [0.2, 0.25) is 0 Å². The summed E-state index contributed by atoms with van der Waals surface area (Å²) in [6, 6.07) is 16.3. The van der Waals surface area contributed by atoms with E-state index in [1.165, 1.54) is 12.1 Å². The molecule has 1 heterocycles. The van der Waals surface area contributed by atoms with Crippen LogP contribution in [0.5, 0.6) is 17.2 Å². The summed E-state index contributed by atoms with van der Waals surface area (Å²) in [5.41, 5.74) is 5.13. The molecule has 0 aromatic heterocycles. The van der Waals surface area contributed by atoms with Crippen LogP contribution in [0.15, 0.2) is 54.6 Å². The van der Waals surface area contributed by atoms with Gasteiger partial charge in [0.15, 0.2) is 16.6 Å². The zero-order chi connectivity index (χ0) is 24.2. The number of anilines is 1. The first kappa shape index (κ1) is 23.8. The molecule has 1 atom stereocenters. The van der Waals surface area contributed by atoms with Crippen LogP contribution in [0, 0.1) is 19.7 Å². The van der Waals surface area contributed by atoms with Crippen LogP contribution < -0.4 is 19.5 Å². The molecule has 5 nitrogen and oxygen atoms in total. The van der Waals surface area contributed by atoms with Gasteiger partial charge in [-0.05, 0) is 97.2 Å². The first-order valence-corrected chi connectivity index (χ1v) is 11.6. The number of nitrogens with one attached hydrogen (secondary N) is 1. The Hall–Kier alpha value is -3.32. The number of ether oxygens (including phenoxy) is 3. The zero-order valence-electron chi connectivity index (χ0n) is 19.9. The molecular weight excluding hydrogens is 451 g/mol. The lowest BCUT2D eigenvalue weighted by molar-refractivity contribution is 0.190. The van der Waals surface area contributed by atoms with Crippen molar-refractivity contribution in [2.24, 2.45) is 0 Å². The van der Waals surface area contributed by atoms with Crippen molar-refractivity contribution in [2.75, 3.05) is 32.7 Å². The van der Waals surface area contributed by atoms with Crippen molar-refractivity contribution < 1.29 is 18.6 Å². The summed E-state index contributed by atoms with van der Waals surface area (Å²) in [7, 11) is 3.26. The lowest BCUT2D eigenvalue weighted by Crippen LogP contribution is -2.44. The summed E-state index contributed by atoms with van der Waals surface area (Å²) in [4.78, 5) is 2.09. The third-order valence-electron chi connectivity index (χ3n) is 5.94. The number of halogens is 1. The first-order chi connectivity index (χ1) is 16.4. The van der Waals surface area contributed by atoms with Gasteiger partial charge in [-0.15, -0.1) is 0 Å². The quantitative estimate of drug-likeness (QED) is 0.448. The van der Waals surface area contributed by atoms with Crippen molar-refractivity contribution in [3.05, 3.63) is 82.7 Å². The van der Waals surface area contributed by atoms with E-state index in [-0.39, 0.29) is 11.9 Å². The van der Waals surface area contributed by atoms with Gasteiger partial charge < -0.3 is 24.4 Å². The molecule has 1 unspecified atom stereocenters. The van der Waals surface area contributed by atoms with Crippen LogP contribution in [-0.2, 0) is 6.42 Å². The average molecular weight is 481 g/mol. The van der Waals surface area contributed by atoms with E-state index < -0.39 is 0 Å². The maximum Gasteiger partial charge on any atom is 0.174 e. The highest BCUT2D eigenvalue weighted by Crippen LogP contribution is 2.38. The molecular formula is C27H29FN2O3S. The number of hydrogen-bond acceptors (Lipinski definition) is 4. The summed E-state index contributed by atoms with van der Waals surface area (Å²) in [6.07, 6.45) is 0.778. The first-order valence-electron chi connectivity index (χ1n) is 11.2. The van der Waals surface area contributed by atoms with Crippen molar-refractivity contribution in [2.45, 2.75) is 26.3 Å². The van der Waals surface area contributed by atoms with Gasteiger partial charge in [0.05, 0.1) is 20.3 Å². The molecule has 3 aromatic carbocycles. The Morgan fingerprint density at radius 1 is 1.03 bits per heavy atom. The Kier molecular flexibility index (Phi) is 7.22. The van der Waals surface area contributed by atoms with E-state index in [0.717, 1.165) is 34.4 Å². The van der Waals surface area contributed by atoms with Crippen LogP contribution in [0.1, 0.15) is 28.3 Å². The lowest BCUT2D eigenvalue weighted by Gasteiger charge is -2.39. The Balaban J connectivity index is 1.66. The molecule has 0 amide bonds. The maximum atomic E-state index is 13.7. The molecule has 1 aliphatic heterocycles. The van der Waals surface area contributed by atoms with Gasteiger partial charge in [-0.2, -0.15) is 0 Å². The lowest BCUT2D eigenvalue weighted by atomic mass is 9.92. The van der Waals surface area contributed by atoms with E-state index >= 15 is 0 Å². The van der Waals surface area contributed by atoms with Crippen molar-refractivity contribution in [3.8, 4) is 17.2 Å². The Morgan fingerprint density at radius 3 is 2.41 bits per heavy atom. The van der Waals surface area contributed by atoms with Crippen molar-refractivity contribution in [1.29, 1.82) is 0 Å². The van der Waals surface area contributed by atoms with E-state index in [1.807, 2.05) is 24.3 Å². The van der Waals surface area contributed by atoms with Gasteiger partial charge in [0, 0.05) is 12.2 Å². The normalized spacial score (nSPS) is 14.9. The molecule has 3 aromatic rings. The average Bonchev–Trinajstić information content (AvgIpc) is 2.80. The fourth-order valence-corrected chi connectivity index (χ4v) is 4.74. The number of methoxy groups -OCH3 is 2. The predicted molar refractivity (Wildman–Crippen MR) is 137 cm³/mol. The third-order valence-corrected chi connectivity index (χ3v) is 6.28. The number of hydrogen-bond donors (Lipinski definition) is 1. The minimum Gasteiger partial charge on any atom is -0.493 e. The number of nitrogens with zero attached hydrogens (tertiary/aromatic N) is 1. The van der Waals surface area contributed by atoms with Crippen LogP contribution >= 0.6 is 12.2 Å². The minimum absolute atomic E-state index is 0.169. The van der Waals surface area contributed by atoms with Crippen molar-refractivity contribution in [3.63, 3.8) is 0 Å². The maximum absolute atomic E-state index is 13.7. The van der Waals surface area contributed by atoms with Crippen LogP contribution in [0.3, 0.4) is 0 Å². The molecule has 0 radical (unpaired) electrons. The molecule has 34 heavy (non-hydrogen) atoms. The van der Waals surface area contributed by atoms with Gasteiger partial charge in [-0.1, -0.05) is 12.1 Å². The SMILES string of the molecule is COc1cc2c(cc1OC)C(COc1cc(C)cc(C)c1)N(C(=S)Nc1cccc(F)c1)CC2. The smallest absolute Gasteiger partial charge is 0.174 e. The predicted octanol–water partition coefficient (Wildman–Crippen LogP) is 5.83. The molecule has 0 fully saturated rings. The highest BCUT2D eigenvalue weighted by Gasteiger charge is 2.31. The molecule has 7 heteroatoms. The van der Waals surface area contributed by atoms with Gasteiger partial charge in [-0.25, -0.2) is 4.39 Å². The standard InChI is InChI=1S/C27H29FN2O3S/c1-17-10-18(2)12-22(11-17)33-16-24-23-15-26(32-4)25(31-3)13-19(23)8-9-30(24)27(34)29-21-7-5-6-20(28)14-21/h5-7,10-15,24H,8-9,16H2,1-4H3,(H,29,34). The molecule has 0 saturated heterocycles. The summed E-state index contributed by atoms with van der Waals surface area (Å²) in [6.45, 7) is 5.18. The Bertz CT molecular complexity index is 1180. The fraction of sp³-hybridized carbons (Fsp3) is 0.296. The second kappa shape index (κ2) is 10.3. The second-order valence-electron chi connectivity index (χ2n) is 8.44. The molecule has 0 bridgehead atoms. The third kappa shape index (κ3) is 5.25. The zero-order valence-corrected chi connectivity index (χ0v) is 20.7. The monoisotopic (exact) mass is 480 g/mol. The van der Waals surface area contributed by atoms with E-state index in [9.17, 15) is 4.39 Å². The summed E-state index contributed by atoms with van der Waals surface area (Å²) in [5.74, 6) is 1.85. The van der Waals surface area contributed by atoms with Crippen molar-refractivity contribution in [1.82, 2.24) is 4.90 Å². The number of rotatable bonds is 6. The largest absolute Gasteiger partial charge is 0.493 e. The van der Waals surface area contributed by atoms with Gasteiger partial charge in [0.25, 0.3) is 0 Å². The van der Waals surface area contributed by atoms with Gasteiger partial charge in [-0.3, -0.25) is 0 Å². The van der Waals surface area contributed by atoms with E-state index in [2.05, 4.69) is 30.1 Å². The molecule has 0 saturated carbocycles. The molecule has 4 rings (SSSR count). The van der Waals surface area contributed by atoms with Crippen LogP contribution in [0.25, 0.3) is 0 Å². The van der Waals surface area contributed by atoms with Gasteiger partial charge >= 0.3 is 0 Å². The number of fused-ring (bicyclic) bond motifs is 1.